The Kier molecular flexibility index (Phi) is 5.59. The molecule has 1 atom stereocenters. The second-order valence-electron chi connectivity index (χ2n) is 7.37. The minimum Gasteiger partial charge on any atom is -0.497 e. The van der Waals surface area contributed by atoms with Crippen molar-refractivity contribution in [1.29, 1.82) is 0 Å². The summed E-state index contributed by atoms with van der Waals surface area (Å²) in [6.07, 6.45) is 4.24. The third-order valence-corrected chi connectivity index (χ3v) is 5.39. The van der Waals surface area contributed by atoms with Crippen LogP contribution in [0.2, 0.25) is 0 Å². The quantitative estimate of drug-likeness (QED) is 0.802. The molecular formula is C21H25N5O3. The highest BCUT2D eigenvalue weighted by Crippen LogP contribution is 2.28. The molecule has 2 aliphatic heterocycles. The maximum Gasteiger partial charge on any atom is 0.227 e. The summed E-state index contributed by atoms with van der Waals surface area (Å²) >= 11 is 0. The zero-order valence-corrected chi connectivity index (χ0v) is 16.5. The Morgan fingerprint density at radius 3 is 2.90 bits per heavy atom. The van der Waals surface area contributed by atoms with Gasteiger partial charge in [-0.3, -0.25) is 9.59 Å². The Hall–Kier alpha value is -3.16. The minimum atomic E-state index is -0.381. The van der Waals surface area contributed by atoms with Crippen LogP contribution in [-0.2, 0) is 16.1 Å². The molecule has 2 aliphatic rings. The molecule has 8 heteroatoms. The van der Waals surface area contributed by atoms with Gasteiger partial charge in [0, 0.05) is 44.0 Å². The first-order valence-electron chi connectivity index (χ1n) is 9.93. The Bertz CT molecular complexity index is 897. The molecule has 2 amide bonds. The van der Waals surface area contributed by atoms with E-state index >= 15 is 0 Å². The lowest BCUT2D eigenvalue weighted by Crippen LogP contribution is -2.33. The first-order chi connectivity index (χ1) is 14.1. The van der Waals surface area contributed by atoms with E-state index in [2.05, 4.69) is 20.2 Å². The first kappa shape index (κ1) is 19.2. The molecule has 0 aliphatic carbocycles. The van der Waals surface area contributed by atoms with Gasteiger partial charge in [0.2, 0.25) is 17.8 Å². The maximum absolute atomic E-state index is 12.6. The molecule has 2 saturated heterocycles. The number of amides is 2. The predicted molar refractivity (Wildman–Crippen MR) is 109 cm³/mol. The highest BCUT2D eigenvalue weighted by molar-refractivity contribution is 6.00. The van der Waals surface area contributed by atoms with E-state index in [1.807, 2.05) is 24.3 Å². The maximum atomic E-state index is 12.6. The third kappa shape index (κ3) is 4.31. The fourth-order valence-electron chi connectivity index (χ4n) is 3.79. The second-order valence-corrected chi connectivity index (χ2v) is 7.37. The molecule has 4 rings (SSSR count). The zero-order chi connectivity index (χ0) is 20.2. The number of benzene rings is 1. The van der Waals surface area contributed by atoms with Gasteiger partial charge >= 0.3 is 0 Å². The molecular weight excluding hydrogens is 370 g/mol. The van der Waals surface area contributed by atoms with E-state index in [4.69, 9.17) is 4.74 Å². The van der Waals surface area contributed by atoms with E-state index in [0.717, 1.165) is 43.3 Å². The molecule has 2 aromatic rings. The summed E-state index contributed by atoms with van der Waals surface area (Å²) in [7, 11) is 1.59. The normalized spacial score (nSPS) is 18.9. The van der Waals surface area contributed by atoms with Crippen LogP contribution in [0.1, 0.15) is 25.0 Å². The van der Waals surface area contributed by atoms with Gasteiger partial charge in [-0.15, -0.1) is 0 Å². The molecule has 0 saturated carbocycles. The lowest BCUT2D eigenvalue weighted by atomic mass is 10.1. The smallest absolute Gasteiger partial charge is 0.227 e. The summed E-state index contributed by atoms with van der Waals surface area (Å²) in [5.74, 6) is 0.825. The van der Waals surface area contributed by atoms with Crippen LogP contribution in [0.25, 0.3) is 0 Å². The lowest BCUT2D eigenvalue weighted by molar-refractivity contribution is -0.126. The molecule has 29 heavy (non-hydrogen) atoms. The fraction of sp³-hybridized carbons (Fsp3) is 0.429. The van der Waals surface area contributed by atoms with Crippen LogP contribution in [0.4, 0.5) is 11.6 Å². The number of hydrogen-bond donors (Lipinski definition) is 1. The van der Waals surface area contributed by atoms with Crippen molar-refractivity contribution in [3.8, 4) is 5.75 Å². The van der Waals surface area contributed by atoms with Crippen LogP contribution in [0.5, 0.6) is 5.75 Å². The molecule has 1 aromatic carbocycles. The largest absolute Gasteiger partial charge is 0.497 e. The van der Waals surface area contributed by atoms with Gasteiger partial charge in [0.05, 0.1) is 25.3 Å². The number of rotatable bonds is 6. The standard InChI is InChI=1S/C21H25N5O3/c1-29-18-6-4-5-17(12-18)26-14-15(11-19(26)27)20(28)23-13-16-7-8-22-21(24-16)25-9-2-3-10-25/h4-8,12,15H,2-3,9-11,13-14H2,1H3,(H,23,28). The van der Waals surface area contributed by atoms with Crippen molar-refractivity contribution in [3.05, 3.63) is 42.2 Å². The Morgan fingerprint density at radius 1 is 1.28 bits per heavy atom. The van der Waals surface area contributed by atoms with E-state index in [-0.39, 0.29) is 24.2 Å². The number of nitrogens with one attached hydrogen (secondary N) is 1. The van der Waals surface area contributed by atoms with Crippen LogP contribution in [0, 0.1) is 5.92 Å². The molecule has 0 bridgehead atoms. The molecule has 0 radical (unpaired) electrons. The van der Waals surface area contributed by atoms with Gasteiger partial charge < -0.3 is 19.9 Å². The van der Waals surface area contributed by atoms with Crippen LogP contribution in [0.3, 0.4) is 0 Å². The number of hydrogen-bond acceptors (Lipinski definition) is 6. The number of carbonyl (C=O) groups excluding carboxylic acids is 2. The summed E-state index contributed by atoms with van der Waals surface area (Å²) in [6, 6.07) is 9.12. The lowest BCUT2D eigenvalue weighted by Gasteiger charge is -2.17. The van der Waals surface area contributed by atoms with Crippen molar-refractivity contribution < 1.29 is 14.3 Å². The highest BCUT2D eigenvalue weighted by Gasteiger charge is 2.35. The summed E-state index contributed by atoms with van der Waals surface area (Å²) < 4.78 is 5.23. The molecule has 1 aromatic heterocycles. The SMILES string of the molecule is COc1cccc(N2CC(C(=O)NCc3ccnc(N4CCCC4)n3)CC2=O)c1. The Labute approximate surface area is 169 Å². The second kappa shape index (κ2) is 8.46. The molecule has 0 spiro atoms. The van der Waals surface area contributed by atoms with E-state index < -0.39 is 0 Å². The minimum absolute atomic E-state index is 0.0586. The van der Waals surface area contributed by atoms with Gasteiger partial charge in [0.1, 0.15) is 5.75 Å². The van der Waals surface area contributed by atoms with Gasteiger partial charge in [-0.05, 0) is 31.0 Å². The van der Waals surface area contributed by atoms with E-state index in [9.17, 15) is 9.59 Å². The van der Waals surface area contributed by atoms with E-state index in [0.29, 0.717) is 18.8 Å². The summed E-state index contributed by atoms with van der Waals surface area (Å²) in [5, 5.41) is 2.92. The summed E-state index contributed by atoms with van der Waals surface area (Å²) in [4.78, 5) is 37.8. The molecule has 1 N–H and O–H groups in total. The van der Waals surface area contributed by atoms with Crippen LogP contribution in [0.15, 0.2) is 36.5 Å². The van der Waals surface area contributed by atoms with Gasteiger partial charge in [-0.25, -0.2) is 9.97 Å². The van der Waals surface area contributed by atoms with Crippen molar-refractivity contribution in [3.63, 3.8) is 0 Å². The van der Waals surface area contributed by atoms with Gasteiger partial charge in [-0.2, -0.15) is 0 Å². The molecule has 1 unspecified atom stereocenters. The van der Waals surface area contributed by atoms with Crippen LogP contribution < -0.4 is 19.9 Å². The fourth-order valence-corrected chi connectivity index (χ4v) is 3.79. The van der Waals surface area contributed by atoms with Gasteiger partial charge in [0.25, 0.3) is 0 Å². The van der Waals surface area contributed by atoms with E-state index in [1.165, 1.54) is 0 Å². The number of nitrogens with zero attached hydrogens (tertiary/aromatic N) is 4. The predicted octanol–water partition coefficient (Wildman–Crippen LogP) is 1.75. The number of carbonyl (C=O) groups is 2. The number of aromatic nitrogens is 2. The molecule has 8 nitrogen and oxygen atoms in total. The summed E-state index contributed by atoms with van der Waals surface area (Å²) in [6.45, 7) is 2.63. The van der Waals surface area contributed by atoms with Gasteiger partial charge in [-0.1, -0.05) is 6.07 Å². The Morgan fingerprint density at radius 2 is 2.10 bits per heavy atom. The van der Waals surface area contributed by atoms with Crippen molar-refractivity contribution in [2.24, 2.45) is 5.92 Å². The number of methoxy groups -OCH3 is 1. The van der Waals surface area contributed by atoms with Crippen molar-refractivity contribution >= 4 is 23.5 Å². The third-order valence-electron chi connectivity index (χ3n) is 5.39. The van der Waals surface area contributed by atoms with Crippen LogP contribution >= 0.6 is 0 Å². The van der Waals surface area contributed by atoms with Crippen molar-refractivity contribution in [1.82, 2.24) is 15.3 Å². The molecule has 3 heterocycles. The average Bonchev–Trinajstić information content (AvgIpc) is 3.42. The van der Waals surface area contributed by atoms with Crippen molar-refractivity contribution in [2.75, 3.05) is 36.5 Å². The topological polar surface area (TPSA) is 87.7 Å². The zero-order valence-electron chi connectivity index (χ0n) is 16.5. The first-order valence-corrected chi connectivity index (χ1v) is 9.93. The Balaban J connectivity index is 1.35. The average molecular weight is 395 g/mol. The summed E-state index contributed by atoms with van der Waals surface area (Å²) in [5.41, 5.74) is 1.51. The number of ether oxygens (including phenoxy) is 1. The van der Waals surface area contributed by atoms with Crippen LogP contribution in [-0.4, -0.2) is 48.5 Å². The number of anilines is 2. The van der Waals surface area contributed by atoms with Gasteiger partial charge in [0.15, 0.2) is 0 Å². The van der Waals surface area contributed by atoms with Crippen molar-refractivity contribution in [2.45, 2.75) is 25.8 Å². The molecule has 152 valence electrons. The monoisotopic (exact) mass is 395 g/mol. The van der Waals surface area contributed by atoms with E-state index in [1.54, 1.807) is 24.3 Å². The highest BCUT2D eigenvalue weighted by atomic mass is 16.5. The molecule has 2 fully saturated rings.